The Morgan fingerprint density at radius 2 is 2.06 bits per heavy atom. The number of alkyl halides is 3. The molecule has 1 unspecified atom stereocenters. The largest absolute Gasteiger partial charge is 0.478 e. The van der Waals surface area contributed by atoms with Crippen LogP contribution in [0.15, 0.2) is 29.4 Å². The molecule has 2 rings (SSSR count). The minimum Gasteiger partial charge on any atom is -0.478 e. The summed E-state index contributed by atoms with van der Waals surface area (Å²) in [4.78, 5) is 15.2. The molecule has 0 saturated carbocycles. The molecule has 0 amide bonds. The number of rotatable bonds is 2. The molecule has 0 bridgehead atoms. The van der Waals surface area contributed by atoms with E-state index in [0.29, 0.717) is 0 Å². The highest BCUT2D eigenvalue weighted by Gasteiger charge is 2.37. The van der Waals surface area contributed by atoms with Gasteiger partial charge in [-0.25, -0.2) is 4.79 Å². The quantitative estimate of drug-likeness (QED) is 0.886. The third kappa shape index (κ3) is 2.29. The van der Waals surface area contributed by atoms with Crippen LogP contribution in [0.2, 0.25) is 0 Å². The molecular formula is C11H8F3NO3. The lowest BCUT2D eigenvalue weighted by molar-refractivity contribution is -0.148. The summed E-state index contributed by atoms with van der Waals surface area (Å²) in [6.45, 7) is 0. The van der Waals surface area contributed by atoms with Crippen LogP contribution in [0.5, 0.6) is 0 Å². The Balaban J connectivity index is 2.34. The first-order chi connectivity index (χ1) is 8.39. The smallest absolute Gasteiger partial charge is 0.417 e. The van der Waals surface area contributed by atoms with Gasteiger partial charge in [-0.1, -0.05) is 23.4 Å². The molecule has 96 valence electrons. The van der Waals surface area contributed by atoms with Crippen molar-refractivity contribution in [1.82, 2.24) is 0 Å². The van der Waals surface area contributed by atoms with Crippen molar-refractivity contribution in [3.63, 3.8) is 0 Å². The van der Waals surface area contributed by atoms with E-state index in [4.69, 9.17) is 5.11 Å². The third-order valence-corrected chi connectivity index (χ3v) is 2.49. The van der Waals surface area contributed by atoms with Crippen LogP contribution in [0.4, 0.5) is 13.2 Å². The second-order valence-electron chi connectivity index (χ2n) is 3.72. The number of hydrogen-bond donors (Lipinski definition) is 1. The summed E-state index contributed by atoms with van der Waals surface area (Å²) in [6, 6.07) is 4.86. The van der Waals surface area contributed by atoms with Crippen molar-refractivity contribution in [2.75, 3.05) is 0 Å². The number of nitrogens with zero attached hydrogens (tertiary/aromatic N) is 1. The maximum Gasteiger partial charge on any atom is 0.417 e. The number of carboxylic acids is 1. The van der Waals surface area contributed by atoms with E-state index in [-0.39, 0.29) is 17.7 Å². The van der Waals surface area contributed by atoms with Crippen LogP contribution in [0.3, 0.4) is 0 Å². The fourth-order valence-electron chi connectivity index (χ4n) is 1.65. The topological polar surface area (TPSA) is 58.9 Å². The lowest BCUT2D eigenvalue weighted by Crippen LogP contribution is -2.21. The second-order valence-corrected chi connectivity index (χ2v) is 3.72. The van der Waals surface area contributed by atoms with Crippen LogP contribution in [-0.4, -0.2) is 22.9 Å². The van der Waals surface area contributed by atoms with E-state index < -0.39 is 23.8 Å². The first kappa shape index (κ1) is 12.4. The van der Waals surface area contributed by atoms with Gasteiger partial charge in [0.05, 0.1) is 11.3 Å². The summed E-state index contributed by atoms with van der Waals surface area (Å²) in [5.74, 6) is -1.25. The Kier molecular flexibility index (Phi) is 2.98. The van der Waals surface area contributed by atoms with E-state index in [1.54, 1.807) is 0 Å². The van der Waals surface area contributed by atoms with E-state index in [0.717, 1.165) is 6.07 Å². The molecule has 0 aromatic heterocycles. The van der Waals surface area contributed by atoms with Crippen molar-refractivity contribution in [2.24, 2.45) is 5.16 Å². The van der Waals surface area contributed by atoms with E-state index in [1.165, 1.54) is 18.2 Å². The number of oxime groups is 1. The third-order valence-electron chi connectivity index (χ3n) is 2.49. The summed E-state index contributed by atoms with van der Waals surface area (Å²) in [5, 5.41) is 12.1. The molecule has 1 aliphatic rings. The average molecular weight is 259 g/mol. The number of benzene rings is 1. The number of carboxylic acid groups (broad SMARTS) is 1. The Morgan fingerprint density at radius 3 is 2.61 bits per heavy atom. The van der Waals surface area contributed by atoms with Crippen molar-refractivity contribution >= 4 is 11.7 Å². The molecule has 4 nitrogen and oxygen atoms in total. The molecule has 0 aliphatic carbocycles. The maximum atomic E-state index is 12.7. The number of aliphatic carboxylic acids is 1. The molecule has 0 radical (unpaired) electrons. The van der Waals surface area contributed by atoms with Crippen LogP contribution >= 0.6 is 0 Å². The molecule has 1 N–H and O–H groups in total. The SMILES string of the molecule is O=C(O)C1CC(c2ccccc2C(F)(F)F)=NO1. The molecule has 18 heavy (non-hydrogen) atoms. The van der Waals surface area contributed by atoms with Gasteiger partial charge in [0.1, 0.15) is 0 Å². The molecule has 1 aromatic carbocycles. The van der Waals surface area contributed by atoms with Crippen LogP contribution in [0.25, 0.3) is 0 Å². The molecule has 1 aromatic rings. The molecule has 0 fully saturated rings. The highest BCUT2D eigenvalue weighted by Crippen LogP contribution is 2.33. The summed E-state index contributed by atoms with van der Waals surface area (Å²) in [7, 11) is 0. The highest BCUT2D eigenvalue weighted by molar-refractivity contribution is 6.04. The van der Waals surface area contributed by atoms with Crippen molar-refractivity contribution in [2.45, 2.75) is 18.7 Å². The van der Waals surface area contributed by atoms with E-state index >= 15 is 0 Å². The normalized spacial score (nSPS) is 19.3. The summed E-state index contributed by atoms with van der Waals surface area (Å²) < 4.78 is 38.2. The maximum absolute atomic E-state index is 12.7. The van der Waals surface area contributed by atoms with E-state index in [2.05, 4.69) is 9.99 Å². The van der Waals surface area contributed by atoms with Crippen LogP contribution < -0.4 is 0 Å². The van der Waals surface area contributed by atoms with Crippen molar-refractivity contribution < 1.29 is 27.9 Å². The Morgan fingerprint density at radius 1 is 1.39 bits per heavy atom. The average Bonchev–Trinajstić information content (AvgIpc) is 2.77. The summed E-state index contributed by atoms with van der Waals surface area (Å²) in [5.41, 5.74) is -0.998. The fourth-order valence-corrected chi connectivity index (χ4v) is 1.65. The van der Waals surface area contributed by atoms with Gasteiger partial charge in [-0.3, -0.25) is 0 Å². The predicted octanol–water partition coefficient (Wildman–Crippen LogP) is 2.28. The van der Waals surface area contributed by atoms with Gasteiger partial charge in [0.15, 0.2) is 0 Å². The first-order valence-electron chi connectivity index (χ1n) is 5.01. The Bertz CT molecular complexity index is 511. The predicted molar refractivity (Wildman–Crippen MR) is 55.1 cm³/mol. The van der Waals surface area contributed by atoms with Crippen molar-refractivity contribution in [3.8, 4) is 0 Å². The monoisotopic (exact) mass is 259 g/mol. The van der Waals surface area contributed by atoms with Gasteiger partial charge in [0.2, 0.25) is 6.10 Å². The van der Waals surface area contributed by atoms with Gasteiger partial charge in [0, 0.05) is 12.0 Å². The zero-order valence-corrected chi connectivity index (χ0v) is 8.94. The number of carbonyl (C=O) groups is 1. The molecule has 1 atom stereocenters. The van der Waals surface area contributed by atoms with Crippen molar-refractivity contribution in [3.05, 3.63) is 35.4 Å². The van der Waals surface area contributed by atoms with Gasteiger partial charge in [0.25, 0.3) is 0 Å². The molecule has 1 heterocycles. The van der Waals surface area contributed by atoms with E-state index in [9.17, 15) is 18.0 Å². The molecule has 7 heteroatoms. The second kappa shape index (κ2) is 4.32. The Hall–Kier alpha value is -2.05. The van der Waals surface area contributed by atoms with Gasteiger partial charge in [-0.2, -0.15) is 13.2 Å². The fraction of sp³-hybridized carbons (Fsp3) is 0.273. The van der Waals surface area contributed by atoms with Gasteiger partial charge >= 0.3 is 12.1 Å². The first-order valence-corrected chi connectivity index (χ1v) is 5.01. The lowest BCUT2D eigenvalue weighted by atomic mass is 9.99. The van der Waals surface area contributed by atoms with Crippen LogP contribution in [-0.2, 0) is 15.8 Å². The minimum atomic E-state index is -4.51. The molecule has 0 spiro atoms. The van der Waals surface area contributed by atoms with Gasteiger partial charge < -0.3 is 9.94 Å². The lowest BCUT2D eigenvalue weighted by Gasteiger charge is -2.11. The van der Waals surface area contributed by atoms with E-state index in [1.807, 2.05) is 0 Å². The zero-order chi connectivity index (χ0) is 13.3. The summed E-state index contributed by atoms with van der Waals surface area (Å²) >= 11 is 0. The Labute approximate surface area is 99.7 Å². The summed E-state index contributed by atoms with van der Waals surface area (Å²) in [6.07, 6.45) is -5.91. The molecule has 1 aliphatic heterocycles. The molecule has 0 saturated heterocycles. The molecular weight excluding hydrogens is 251 g/mol. The highest BCUT2D eigenvalue weighted by atomic mass is 19.4. The van der Waals surface area contributed by atoms with Crippen LogP contribution in [0.1, 0.15) is 17.5 Å². The number of hydrogen-bond acceptors (Lipinski definition) is 3. The zero-order valence-electron chi connectivity index (χ0n) is 8.94. The number of halogens is 3. The van der Waals surface area contributed by atoms with Gasteiger partial charge in [-0.05, 0) is 6.07 Å². The van der Waals surface area contributed by atoms with Crippen molar-refractivity contribution in [1.29, 1.82) is 0 Å². The van der Waals surface area contributed by atoms with Gasteiger partial charge in [-0.15, -0.1) is 0 Å². The standard InChI is InChI=1S/C11H8F3NO3/c12-11(13,14)7-4-2-1-3-6(7)8-5-9(10(16)17)18-15-8/h1-4,9H,5H2,(H,16,17). The minimum absolute atomic E-state index is 0.00433. The van der Waals surface area contributed by atoms with Crippen LogP contribution in [0, 0.1) is 0 Å².